The van der Waals surface area contributed by atoms with Crippen molar-refractivity contribution in [2.75, 3.05) is 13.2 Å². The summed E-state index contributed by atoms with van der Waals surface area (Å²) in [6, 6.07) is 6.89. The Morgan fingerprint density at radius 1 is 0.963 bits per heavy atom. The minimum absolute atomic E-state index is 0.0406. The van der Waals surface area contributed by atoms with E-state index in [4.69, 9.17) is 13.8 Å². The fourth-order valence-electron chi connectivity index (χ4n) is 1.98. The molecule has 0 fully saturated rings. The summed E-state index contributed by atoms with van der Waals surface area (Å²) in [5.74, 6) is -2.27. The third-order valence-electron chi connectivity index (χ3n) is 3.05. The molecule has 150 valence electrons. The molecule has 1 aromatic rings. The fraction of sp³-hybridized carbons (Fsp3) is 0.471. The number of amides is 1. The van der Waals surface area contributed by atoms with Crippen molar-refractivity contribution in [3.63, 3.8) is 0 Å². The number of hydroxylamine groups is 1. The number of hydrogen-bond acceptors (Lipinski definition) is 8. The molecule has 0 saturated carbocycles. The first-order chi connectivity index (χ1) is 12.8. The molecule has 0 heterocycles. The molecule has 1 N–H and O–H groups in total. The number of carbonyl (C=O) groups is 3. The van der Waals surface area contributed by atoms with Crippen molar-refractivity contribution in [1.82, 2.24) is 5.48 Å². The van der Waals surface area contributed by atoms with Crippen LogP contribution in [0.5, 0.6) is 0 Å². The highest BCUT2D eigenvalue weighted by atomic mass is 31.2. The molecule has 0 radical (unpaired) electrons. The summed E-state index contributed by atoms with van der Waals surface area (Å²) in [6.45, 7) is 5.19. The monoisotopic (exact) mass is 401 g/mol. The van der Waals surface area contributed by atoms with Crippen molar-refractivity contribution in [3.05, 3.63) is 35.4 Å². The predicted molar refractivity (Wildman–Crippen MR) is 95.3 cm³/mol. The molecule has 0 unspecified atom stereocenters. The Morgan fingerprint density at radius 3 is 2.04 bits per heavy atom. The second-order valence-electron chi connectivity index (χ2n) is 5.39. The summed E-state index contributed by atoms with van der Waals surface area (Å²) >= 11 is 0. The van der Waals surface area contributed by atoms with Crippen LogP contribution in [0.4, 0.5) is 0 Å². The van der Waals surface area contributed by atoms with Crippen LogP contribution in [0.3, 0.4) is 0 Å². The zero-order chi connectivity index (χ0) is 20.3. The zero-order valence-electron chi connectivity index (χ0n) is 15.6. The molecule has 0 atom stereocenters. The van der Waals surface area contributed by atoms with Gasteiger partial charge in [0.1, 0.15) is 13.0 Å². The third-order valence-corrected chi connectivity index (χ3v) is 5.10. The van der Waals surface area contributed by atoms with E-state index in [1.165, 1.54) is 0 Å². The molecule has 1 amide bonds. The molecule has 0 spiro atoms. The first kappa shape index (κ1) is 22.8. The summed E-state index contributed by atoms with van der Waals surface area (Å²) in [4.78, 5) is 37.8. The molecule has 27 heavy (non-hydrogen) atoms. The molecule has 1 rings (SSSR count). The second kappa shape index (κ2) is 11.5. The first-order valence-corrected chi connectivity index (χ1v) is 10.1. The molecule has 9 nitrogen and oxygen atoms in total. The highest BCUT2D eigenvalue weighted by Gasteiger charge is 2.23. The van der Waals surface area contributed by atoms with Gasteiger partial charge in [-0.25, -0.2) is 4.79 Å². The lowest BCUT2D eigenvalue weighted by atomic mass is 10.2. The SMILES string of the molecule is CCOP(=O)(Cc1ccc(COC(=O)CC(=O)ONC(C)=O)cc1)OCC. The molecule has 0 saturated heterocycles. The van der Waals surface area contributed by atoms with Crippen molar-refractivity contribution >= 4 is 25.4 Å². The Hall–Kier alpha value is -2.22. The minimum atomic E-state index is -3.18. The lowest BCUT2D eigenvalue weighted by Gasteiger charge is -2.17. The molecule has 0 bridgehead atoms. The van der Waals surface area contributed by atoms with Crippen molar-refractivity contribution in [2.45, 2.75) is 40.0 Å². The number of hydrogen-bond donors (Lipinski definition) is 1. The minimum Gasteiger partial charge on any atom is -0.460 e. The van der Waals surface area contributed by atoms with Gasteiger partial charge in [-0.2, -0.15) is 5.48 Å². The number of esters is 1. The van der Waals surface area contributed by atoms with Gasteiger partial charge in [0.15, 0.2) is 0 Å². The van der Waals surface area contributed by atoms with E-state index >= 15 is 0 Å². The van der Waals surface area contributed by atoms with Gasteiger partial charge in [-0.1, -0.05) is 24.3 Å². The number of nitrogens with one attached hydrogen (secondary N) is 1. The standard InChI is InChI=1S/C17H24NO8P/c1-4-24-27(22,25-5-2)12-15-8-6-14(7-9-15)11-23-16(20)10-17(21)26-18-13(3)19/h6-9H,4-5,10-12H2,1-3H3,(H,18,19). The van der Waals surface area contributed by atoms with Gasteiger partial charge in [-0.3, -0.25) is 14.2 Å². The van der Waals surface area contributed by atoms with Gasteiger partial charge in [-0.15, -0.1) is 0 Å². The topological polar surface area (TPSA) is 117 Å². The summed E-state index contributed by atoms with van der Waals surface area (Å²) in [6.07, 6.45) is -0.478. The Balaban J connectivity index is 2.50. The quantitative estimate of drug-likeness (QED) is 0.275. The Morgan fingerprint density at radius 2 is 1.52 bits per heavy atom. The predicted octanol–water partition coefficient (Wildman–Crippen LogP) is 2.48. The molecule has 0 aromatic heterocycles. The maximum atomic E-state index is 12.5. The molecular weight excluding hydrogens is 377 g/mol. The van der Waals surface area contributed by atoms with Crippen LogP contribution in [0.1, 0.15) is 38.3 Å². The van der Waals surface area contributed by atoms with Gasteiger partial charge in [0.2, 0.25) is 5.91 Å². The van der Waals surface area contributed by atoms with Crippen molar-refractivity contribution < 1.29 is 37.6 Å². The van der Waals surface area contributed by atoms with Crippen molar-refractivity contribution in [2.24, 2.45) is 0 Å². The number of benzene rings is 1. The largest absolute Gasteiger partial charge is 0.460 e. The van der Waals surface area contributed by atoms with E-state index in [0.717, 1.165) is 12.5 Å². The smallest absolute Gasteiger partial charge is 0.343 e. The molecule has 0 aliphatic carbocycles. The third kappa shape index (κ3) is 9.33. The van der Waals surface area contributed by atoms with Gasteiger partial charge < -0.3 is 18.6 Å². The average molecular weight is 401 g/mol. The summed E-state index contributed by atoms with van der Waals surface area (Å²) in [7, 11) is -3.18. The lowest BCUT2D eigenvalue weighted by Crippen LogP contribution is -2.26. The van der Waals surface area contributed by atoms with E-state index in [-0.39, 0.29) is 26.0 Å². The van der Waals surface area contributed by atoms with E-state index in [9.17, 15) is 18.9 Å². The van der Waals surface area contributed by atoms with Crippen LogP contribution in [0.25, 0.3) is 0 Å². The Bertz CT molecular complexity index is 679. The van der Waals surface area contributed by atoms with E-state index in [1.54, 1.807) is 38.1 Å². The van der Waals surface area contributed by atoms with Gasteiger partial charge in [0, 0.05) is 6.92 Å². The van der Waals surface area contributed by atoms with Crippen LogP contribution in [0.15, 0.2) is 24.3 Å². The van der Waals surface area contributed by atoms with Crippen LogP contribution in [-0.2, 0) is 50.3 Å². The normalized spacial score (nSPS) is 10.9. The molecular formula is C17H24NO8P. The van der Waals surface area contributed by atoms with Crippen molar-refractivity contribution in [1.29, 1.82) is 0 Å². The highest BCUT2D eigenvalue weighted by Crippen LogP contribution is 2.51. The first-order valence-electron chi connectivity index (χ1n) is 8.35. The maximum Gasteiger partial charge on any atom is 0.343 e. The van der Waals surface area contributed by atoms with E-state index in [2.05, 4.69) is 4.84 Å². The van der Waals surface area contributed by atoms with Crippen molar-refractivity contribution in [3.8, 4) is 0 Å². The van der Waals surface area contributed by atoms with Crippen LogP contribution in [0, 0.1) is 0 Å². The highest BCUT2D eigenvalue weighted by molar-refractivity contribution is 7.53. The summed E-state index contributed by atoms with van der Waals surface area (Å²) in [5, 5.41) is 0. The molecule has 0 aliphatic heterocycles. The fourth-order valence-corrected chi connectivity index (χ4v) is 3.69. The average Bonchev–Trinajstić information content (AvgIpc) is 2.59. The summed E-state index contributed by atoms with van der Waals surface area (Å²) < 4.78 is 28.0. The van der Waals surface area contributed by atoms with Gasteiger partial charge >= 0.3 is 19.5 Å². The van der Waals surface area contributed by atoms with Crippen LogP contribution >= 0.6 is 7.60 Å². The Kier molecular flexibility index (Phi) is 9.71. The summed E-state index contributed by atoms with van der Waals surface area (Å²) in [5.41, 5.74) is 3.27. The Labute approximate surface area is 157 Å². The molecule has 0 aliphatic rings. The van der Waals surface area contributed by atoms with Gasteiger partial charge in [0.25, 0.3) is 0 Å². The maximum absolute atomic E-state index is 12.5. The number of ether oxygens (including phenoxy) is 1. The van der Waals surface area contributed by atoms with Gasteiger partial charge in [-0.05, 0) is 25.0 Å². The second-order valence-corrected chi connectivity index (χ2v) is 7.45. The van der Waals surface area contributed by atoms with E-state index < -0.39 is 31.9 Å². The van der Waals surface area contributed by atoms with E-state index in [0.29, 0.717) is 5.56 Å². The van der Waals surface area contributed by atoms with Crippen LogP contribution in [0.2, 0.25) is 0 Å². The van der Waals surface area contributed by atoms with Crippen LogP contribution in [-0.4, -0.2) is 31.1 Å². The van der Waals surface area contributed by atoms with E-state index in [1.807, 2.05) is 5.48 Å². The molecule has 1 aromatic carbocycles. The zero-order valence-corrected chi connectivity index (χ0v) is 16.5. The number of carbonyl (C=O) groups excluding carboxylic acids is 3. The number of rotatable bonds is 10. The lowest BCUT2D eigenvalue weighted by molar-refractivity contribution is -0.163. The van der Waals surface area contributed by atoms with Gasteiger partial charge in [0.05, 0.1) is 19.4 Å². The van der Waals surface area contributed by atoms with Crippen LogP contribution < -0.4 is 5.48 Å². The molecule has 10 heteroatoms.